The molecule has 0 bridgehead atoms. The number of hydrogen-bond acceptors (Lipinski definition) is 3. The monoisotopic (exact) mass is 172 g/mol. The van der Waals surface area contributed by atoms with Gasteiger partial charge in [-0.3, -0.25) is 0 Å². The van der Waals surface area contributed by atoms with Crippen LogP contribution in [0.25, 0.3) is 0 Å². The van der Waals surface area contributed by atoms with E-state index in [0.717, 1.165) is 6.42 Å². The van der Waals surface area contributed by atoms with Gasteiger partial charge in [-0.05, 0) is 13.3 Å². The molecule has 0 fully saturated rings. The number of hydrogen-bond donors (Lipinski definition) is 1. The van der Waals surface area contributed by atoms with E-state index in [0.29, 0.717) is 18.6 Å². The largest absolute Gasteiger partial charge is 0.462 e. The fourth-order valence-corrected chi connectivity index (χ4v) is 0.733. The van der Waals surface area contributed by atoms with Crippen molar-refractivity contribution >= 4 is 5.97 Å². The lowest BCUT2D eigenvalue weighted by atomic mass is 10.2. The average Bonchev–Trinajstić information content (AvgIpc) is 2.05. The van der Waals surface area contributed by atoms with Crippen LogP contribution in [0, 0.1) is 0 Å². The Morgan fingerprint density at radius 3 is 2.75 bits per heavy atom. The SMILES string of the molecule is CCC=C(C)C(=O)OCCCO. The van der Waals surface area contributed by atoms with Crippen LogP contribution in [0.4, 0.5) is 0 Å². The minimum Gasteiger partial charge on any atom is -0.462 e. The number of rotatable bonds is 5. The van der Waals surface area contributed by atoms with Gasteiger partial charge in [-0.1, -0.05) is 13.0 Å². The fraction of sp³-hybridized carbons (Fsp3) is 0.667. The Balaban J connectivity index is 3.64. The molecule has 0 aliphatic carbocycles. The molecule has 0 unspecified atom stereocenters. The van der Waals surface area contributed by atoms with Crippen LogP contribution in [-0.4, -0.2) is 24.3 Å². The number of carbonyl (C=O) groups is 1. The maximum absolute atomic E-state index is 11.0. The molecule has 0 atom stereocenters. The van der Waals surface area contributed by atoms with E-state index in [-0.39, 0.29) is 12.6 Å². The van der Waals surface area contributed by atoms with Gasteiger partial charge in [0.25, 0.3) is 0 Å². The van der Waals surface area contributed by atoms with Crippen molar-refractivity contribution < 1.29 is 14.6 Å². The Labute approximate surface area is 73.0 Å². The highest BCUT2D eigenvalue weighted by Gasteiger charge is 2.03. The van der Waals surface area contributed by atoms with E-state index in [1.165, 1.54) is 0 Å². The third kappa shape index (κ3) is 4.91. The maximum Gasteiger partial charge on any atom is 0.333 e. The van der Waals surface area contributed by atoms with Crippen molar-refractivity contribution in [3.63, 3.8) is 0 Å². The van der Waals surface area contributed by atoms with Crippen molar-refractivity contribution in [1.29, 1.82) is 0 Å². The zero-order valence-electron chi connectivity index (χ0n) is 7.67. The minimum absolute atomic E-state index is 0.0593. The summed E-state index contributed by atoms with van der Waals surface area (Å²) in [7, 11) is 0. The smallest absolute Gasteiger partial charge is 0.333 e. The van der Waals surface area contributed by atoms with Gasteiger partial charge in [-0.15, -0.1) is 0 Å². The molecule has 0 aromatic heterocycles. The fourth-order valence-electron chi connectivity index (χ4n) is 0.733. The average molecular weight is 172 g/mol. The van der Waals surface area contributed by atoms with Crippen molar-refractivity contribution in [1.82, 2.24) is 0 Å². The molecule has 0 radical (unpaired) electrons. The first-order chi connectivity index (χ1) is 5.72. The van der Waals surface area contributed by atoms with Crippen molar-refractivity contribution in [2.24, 2.45) is 0 Å². The quantitative estimate of drug-likeness (QED) is 0.386. The van der Waals surface area contributed by atoms with Crippen LogP contribution < -0.4 is 0 Å². The third-order valence-electron chi connectivity index (χ3n) is 1.37. The van der Waals surface area contributed by atoms with E-state index >= 15 is 0 Å². The first kappa shape index (κ1) is 11.2. The molecular formula is C9H16O3. The van der Waals surface area contributed by atoms with Crippen LogP contribution in [-0.2, 0) is 9.53 Å². The lowest BCUT2D eigenvalue weighted by Crippen LogP contribution is -2.07. The number of ether oxygens (including phenoxy) is 1. The maximum atomic E-state index is 11.0. The van der Waals surface area contributed by atoms with Crippen LogP contribution in [0.1, 0.15) is 26.7 Å². The molecule has 0 saturated carbocycles. The molecule has 0 saturated heterocycles. The molecule has 3 heteroatoms. The summed E-state index contributed by atoms with van der Waals surface area (Å²) in [5.74, 6) is -0.287. The van der Waals surface area contributed by atoms with Crippen molar-refractivity contribution in [2.45, 2.75) is 26.7 Å². The number of aliphatic hydroxyl groups excluding tert-OH is 1. The van der Waals surface area contributed by atoms with Crippen LogP contribution in [0.15, 0.2) is 11.6 Å². The molecule has 0 aromatic rings. The predicted molar refractivity (Wildman–Crippen MR) is 46.7 cm³/mol. The molecular weight excluding hydrogens is 156 g/mol. The van der Waals surface area contributed by atoms with Gasteiger partial charge in [0.1, 0.15) is 0 Å². The molecule has 0 spiro atoms. The summed E-state index contributed by atoms with van der Waals surface area (Å²) < 4.78 is 4.83. The van der Waals surface area contributed by atoms with Gasteiger partial charge < -0.3 is 9.84 Å². The Morgan fingerprint density at radius 1 is 1.58 bits per heavy atom. The van der Waals surface area contributed by atoms with E-state index in [1.807, 2.05) is 13.0 Å². The Hall–Kier alpha value is -0.830. The zero-order valence-corrected chi connectivity index (χ0v) is 7.67. The molecule has 0 aromatic carbocycles. The van der Waals surface area contributed by atoms with Gasteiger partial charge in [0.05, 0.1) is 6.61 Å². The number of carbonyl (C=O) groups excluding carboxylic acids is 1. The van der Waals surface area contributed by atoms with Gasteiger partial charge >= 0.3 is 5.97 Å². The van der Waals surface area contributed by atoms with Crippen molar-refractivity contribution in [3.05, 3.63) is 11.6 Å². The van der Waals surface area contributed by atoms with Gasteiger partial charge in [0.15, 0.2) is 0 Å². The topological polar surface area (TPSA) is 46.5 Å². The van der Waals surface area contributed by atoms with Gasteiger partial charge in [0, 0.05) is 18.6 Å². The first-order valence-corrected chi connectivity index (χ1v) is 4.17. The van der Waals surface area contributed by atoms with Gasteiger partial charge in [-0.25, -0.2) is 4.79 Å². The van der Waals surface area contributed by atoms with Crippen molar-refractivity contribution in [2.75, 3.05) is 13.2 Å². The first-order valence-electron chi connectivity index (χ1n) is 4.17. The molecule has 1 N–H and O–H groups in total. The van der Waals surface area contributed by atoms with Gasteiger partial charge in [0.2, 0.25) is 0 Å². The van der Waals surface area contributed by atoms with E-state index in [1.54, 1.807) is 6.92 Å². The second kappa shape index (κ2) is 6.85. The van der Waals surface area contributed by atoms with E-state index in [9.17, 15) is 4.79 Å². The van der Waals surface area contributed by atoms with Gasteiger partial charge in [-0.2, -0.15) is 0 Å². The summed E-state index contributed by atoms with van der Waals surface area (Å²) in [5.41, 5.74) is 0.635. The number of allylic oxidation sites excluding steroid dienone is 1. The third-order valence-corrected chi connectivity index (χ3v) is 1.37. The molecule has 0 aliphatic heterocycles. The van der Waals surface area contributed by atoms with Crippen LogP contribution in [0.2, 0.25) is 0 Å². The van der Waals surface area contributed by atoms with Crippen molar-refractivity contribution in [3.8, 4) is 0 Å². The standard InChI is InChI=1S/C9H16O3/c1-3-5-8(2)9(11)12-7-4-6-10/h5,10H,3-4,6-7H2,1-2H3. The molecule has 0 heterocycles. The van der Waals surface area contributed by atoms with Crippen LogP contribution in [0.5, 0.6) is 0 Å². The Bertz CT molecular complexity index is 161. The molecule has 0 rings (SSSR count). The zero-order chi connectivity index (χ0) is 9.40. The molecule has 0 aliphatic rings. The van der Waals surface area contributed by atoms with Crippen LogP contribution in [0.3, 0.4) is 0 Å². The highest BCUT2D eigenvalue weighted by atomic mass is 16.5. The lowest BCUT2D eigenvalue weighted by molar-refractivity contribution is -0.139. The second-order valence-electron chi connectivity index (χ2n) is 2.51. The van der Waals surface area contributed by atoms with E-state index in [4.69, 9.17) is 9.84 Å². The summed E-state index contributed by atoms with van der Waals surface area (Å²) in [5, 5.41) is 8.42. The Kier molecular flexibility index (Phi) is 6.38. The molecule has 3 nitrogen and oxygen atoms in total. The summed E-state index contributed by atoms with van der Waals surface area (Å²) in [4.78, 5) is 11.0. The number of esters is 1. The van der Waals surface area contributed by atoms with E-state index in [2.05, 4.69) is 0 Å². The summed E-state index contributed by atoms with van der Waals surface area (Å²) in [6.07, 6.45) is 3.16. The lowest BCUT2D eigenvalue weighted by Gasteiger charge is -2.02. The highest BCUT2D eigenvalue weighted by Crippen LogP contribution is 1.98. The molecule has 70 valence electrons. The summed E-state index contributed by atoms with van der Waals surface area (Å²) in [6.45, 7) is 4.04. The minimum atomic E-state index is -0.287. The number of aliphatic hydroxyl groups is 1. The summed E-state index contributed by atoms with van der Waals surface area (Å²) in [6, 6.07) is 0. The van der Waals surface area contributed by atoms with E-state index < -0.39 is 0 Å². The normalized spacial score (nSPS) is 11.4. The molecule has 0 amide bonds. The predicted octanol–water partition coefficient (Wildman–Crippen LogP) is 1.27. The highest BCUT2D eigenvalue weighted by molar-refractivity contribution is 5.87. The second-order valence-corrected chi connectivity index (χ2v) is 2.51. The Morgan fingerprint density at radius 2 is 2.25 bits per heavy atom. The summed E-state index contributed by atoms with van der Waals surface area (Å²) >= 11 is 0. The molecule has 12 heavy (non-hydrogen) atoms. The van der Waals surface area contributed by atoms with Crippen LogP contribution >= 0.6 is 0 Å².